The maximum absolute atomic E-state index is 13.7. The second kappa shape index (κ2) is 8.19. The SMILES string of the molecule is O=C(N1CCC(Cc2cccc(O)c2)C1)C1(N2CCOCC2)CCCCC1. The molecule has 5 heteroatoms. The summed E-state index contributed by atoms with van der Waals surface area (Å²) in [4.78, 5) is 18.2. The van der Waals surface area contributed by atoms with Gasteiger partial charge in [0.15, 0.2) is 0 Å². The first-order valence-electron chi connectivity index (χ1n) is 10.6. The minimum atomic E-state index is -0.290. The fraction of sp³-hybridized carbons (Fsp3) is 0.682. The highest BCUT2D eigenvalue weighted by atomic mass is 16.5. The van der Waals surface area contributed by atoms with Crippen LogP contribution in [0.5, 0.6) is 5.75 Å². The Kier molecular flexibility index (Phi) is 5.69. The number of benzene rings is 1. The van der Waals surface area contributed by atoms with Crippen LogP contribution < -0.4 is 0 Å². The minimum Gasteiger partial charge on any atom is -0.508 e. The number of morpholine rings is 1. The Labute approximate surface area is 162 Å². The van der Waals surface area contributed by atoms with Gasteiger partial charge in [0.1, 0.15) is 11.3 Å². The van der Waals surface area contributed by atoms with E-state index in [1.807, 2.05) is 12.1 Å². The smallest absolute Gasteiger partial charge is 0.243 e. The Bertz CT molecular complexity index is 651. The highest BCUT2D eigenvalue weighted by molar-refractivity contribution is 5.87. The van der Waals surface area contributed by atoms with Crippen LogP contribution in [-0.2, 0) is 16.0 Å². The standard InChI is InChI=1S/C22H32N2O3/c25-20-6-4-5-18(16-20)15-19-7-10-23(17-19)21(26)22(8-2-1-3-9-22)24-11-13-27-14-12-24/h4-6,16,19,25H,1-3,7-15,17H2. The minimum absolute atomic E-state index is 0.290. The van der Waals surface area contributed by atoms with Crippen LogP contribution in [0.15, 0.2) is 24.3 Å². The van der Waals surface area contributed by atoms with Crippen molar-refractivity contribution in [1.82, 2.24) is 9.80 Å². The number of carbonyl (C=O) groups is 1. The van der Waals surface area contributed by atoms with Crippen molar-refractivity contribution >= 4 is 5.91 Å². The zero-order valence-electron chi connectivity index (χ0n) is 16.2. The zero-order valence-corrected chi connectivity index (χ0v) is 16.2. The van der Waals surface area contributed by atoms with Crippen molar-refractivity contribution in [2.75, 3.05) is 39.4 Å². The molecule has 27 heavy (non-hydrogen) atoms. The fourth-order valence-corrected chi connectivity index (χ4v) is 5.29. The molecule has 2 heterocycles. The van der Waals surface area contributed by atoms with Gasteiger partial charge in [0.25, 0.3) is 0 Å². The molecule has 2 aliphatic heterocycles. The molecule has 5 nitrogen and oxygen atoms in total. The van der Waals surface area contributed by atoms with E-state index < -0.39 is 0 Å². The molecule has 148 valence electrons. The predicted molar refractivity (Wildman–Crippen MR) is 105 cm³/mol. The van der Waals surface area contributed by atoms with Crippen LogP contribution in [0.3, 0.4) is 0 Å². The number of hydrogen-bond acceptors (Lipinski definition) is 4. The Morgan fingerprint density at radius 3 is 2.67 bits per heavy atom. The van der Waals surface area contributed by atoms with Gasteiger partial charge >= 0.3 is 0 Å². The zero-order chi connectivity index (χ0) is 18.7. The topological polar surface area (TPSA) is 53.0 Å². The van der Waals surface area contributed by atoms with Crippen LogP contribution in [0.1, 0.15) is 44.1 Å². The lowest BCUT2D eigenvalue weighted by molar-refractivity contribution is -0.150. The Morgan fingerprint density at radius 1 is 1.15 bits per heavy atom. The molecule has 2 saturated heterocycles. The Balaban J connectivity index is 1.44. The number of phenolic OH excluding ortho intramolecular Hbond substituents is 1. The van der Waals surface area contributed by atoms with Crippen molar-refractivity contribution in [3.8, 4) is 5.75 Å². The molecule has 1 N–H and O–H groups in total. The summed E-state index contributed by atoms with van der Waals surface area (Å²) in [7, 11) is 0. The van der Waals surface area contributed by atoms with E-state index in [9.17, 15) is 9.90 Å². The second-order valence-electron chi connectivity index (χ2n) is 8.47. The van der Waals surface area contributed by atoms with E-state index in [0.29, 0.717) is 17.6 Å². The molecule has 1 unspecified atom stereocenters. The first-order chi connectivity index (χ1) is 13.2. The molecule has 1 aromatic carbocycles. The van der Waals surface area contributed by atoms with Gasteiger partial charge in [-0.05, 0) is 49.3 Å². The third-order valence-electron chi connectivity index (χ3n) is 6.70. The summed E-state index contributed by atoms with van der Waals surface area (Å²) in [6.07, 6.45) is 7.55. The fourth-order valence-electron chi connectivity index (χ4n) is 5.29. The Hall–Kier alpha value is -1.59. The van der Waals surface area contributed by atoms with E-state index in [2.05, 4.69) is 15.9 Å². The highest BCUT2D eigenvalue weighted by Gasteiger charge is 2.48. The van der Waals surface area contributed by atoms with Crippen LogP contribution in [0.4, 0.5) is 0 Å². The van der Waals surface area contributed by atoms with Gasteiger partial charge in [-0.3, -0.25) is 9.69 Å². The lowest BCUT2D eigenvalue weighted by Crippen LogP contribution is -2.62. The molecule has 0 radical (unpaired) electrons. The van der Waals surface area contributed by atoms with Crippen molar-refractivity contribution in [3.63, 3.8) is 0 Å². The number of amides is 1. The van der Waals surface area contributed by atoms with E-state index >= 15 is 0 Å². The van der Waals surface area contributed by atoms with Gasteiger partial charge in [0.05, 0.1) is 13.2 Å². The van der Waals surface area contributed by atoms with E-state index in [4.69, 9.17) is 4.74 Å². The summed E-state index contributed by atoms with van der Waals surface area (Å²) in [5.41, 5.74) is 0.872. The van der Waals surface area contributed by atoms with Gasteiger partial charge in [0.2, 0.25) is 5.91 Å². The molecular weight excluding hydrogens is 340 g/mol. The van der Waals surface area contributed by atoms with Gasteiger partial charge in [-0.25, -0.2) is 0 Å². The van der Waals surface area contributed by atoms with Crippen LogP contribution in [0, 0.1) is 5.92 Å². The maximum Gasteiger partial charge on any atom is 0.243 e. The number of phenols is 1. The van der Waals surface area contributed by atoms with Crippen molar-refractivity contribution in [3.05, 3.63) is 29.8 Å². The van der Waals surface area contributed by atoms with Gasteiger partial charge in [-0.2, -0.15) is 0 Å². The van der Waals surface area contributed by atoms with Crippen LogP contribution in [0.2, 0.25) is 0 Å². The predicted octanol–water partition coefficient (Wildman–Crippen LogP) is 2.82. The largest absolute Gasteiger partial charge is 0.508 e. The number of rotatable bonds is 4. The summed E-state index contributed by atoms with van der Waals surface area (Å²) in [6.45, 7) is 4.97. The first kappa shape index (κ1) is 18.8. The van der Waals surface area contributed by atoms with Crippen molar-refractivity contribution in [2.45, 2.75) is 50.5 Å². The molecule has 1 aromatic rings. The lowest BCUT2D eigenvalue weighted by Gasteiger charge is -2.48. The van der Waals surface area contributed by atoms with Crippen molar-refractivity contribution in [2.24, 2.45) is 5.92 Å². The van der Waals surface area contributed by atoms with Crippen molar-refractivity contribution in [1.29, 1.82) is 0 Å². The van der Waals surface area contributed by atoms with E-state index in [1.54, 1.807) is 6.07 Å². The summed E-state index contributed by atoms with van der Waals surface area (Å²) in [5.74, 6) is 1.18. The monoisotopic (exact) mass is 372 g/mol. The summed E-state index contributed by atoms with van der Waals surface area (Å²) in [5, 5.41) is 9.70. The van der Waals surface area contributed by atoms with E-state index in [1.165, 1.54) is 6.42 Å². The summed E-state index contributed by atoms with van der Waals surface area (Å²) >= 11 is 0. The average Bonchev–Trinajstić information content (AvgIpc) is 3.17. The molecule has 1 aliphatic carbocycles. The van der Waals surface area contributed by atoms with Gasteiger partial charge in [-0.15, -0.1) is 0 Å². The molecule has 4 rings (SSSR count). The molecule has 1 saturated carbocycles. The maximum atomic E-state index is 13.7. The molecule has 0 spiro atoms. The molecule has 1 atom stereocenters. The van der Waals surface area contributed by atoms with Crippen molar-refractivity contribution < 1.29 is 14.6 Å². The third-order valence-corrected chi connectivity index (χ3v) is 6.70. The summed E-state index contributed by atoms with van der Waals surface area (Å²) in [6, 6.07) is 7.53. The van der Waals surface area contributed by atoms with E-state index in [-0.39, 0.29) is 5.54 Å². The average molecular weight is 373 g/mol. The molecule has 0 aromatic heterocycles. The molecule has 3 aliphatic rings. The molecular formula is C22H32N2O3. The molecule has 0 bridgehead atoms. The first-order valence-corrected chi connectivity index (χ1v) is 10.6. The number of nitrogens with zero attached hydrogens (tertiary/aromatic N) is 2. The van der Waals surface area contributed by atoms with Gasteiger partial charge in [-0.1, -0.05) is 31.4 Å². The number of carbonyl (C=O) groups excluding carboxylic acids is 1. The molecule has 1 amide bonds. The van der Waals surface area contributed by atoms with Crippen LogP contribution in [-0.4, -0.2) is 65.7 Å². The van der Waals surface area contributed by atoms with Crippen LogP contribution in [0.25, 0.3) is 0 Å². The van der Waals surface area contributed by atoms with Gasteiger partial charge < -0.3 is 14.7 Å². The third kappa shape index (κ3) is 3.99. The number of hydrogen-bond donors (Lipinski definition) is 1. The number of likely N-dealkylation sites (tertiary alicyclic amines) is 1. The quantitative estimate of drug-likeness (QED) is 0.883. The van der Waals surface area contributed by atoms with E-state index in [0.717, 1.165) is 83.5 Å². The second-order valence-corrected chi connectivity index (χ2v) is 8.47. The normalized spacial score (nSPS) is 26.2. The van der Waals surface area contributed by atoms with Crippen LogP contribution >= 0.6 is 0 Å². The molecule has 3 fully saturated rings. The van der Waals surface area contributed by atoms with Gasteiger partial charge in [0, 0.05) is 26.2 Å². The number of ether oxygens (including phenoxy) is 1. The Morgan fingerprint density at radius 2 is 1.93 bits per heavy atom. The highest BCUT2D eigenvalue weighted by Crippen LogP contribution is 2.37. The lowest BCUT2D eigenvalue weighted by atomic mass is 9.78. The number of aromatic hydroxyl groups is 1. The summed E-state index contributed by atoms with van der Waals surface area (Å²) < 4.78 is 5.55.